The first-order valence-corrected chi connectivity index (χ1v) is 5.90. The molecule has 0 aromatic carbocycles. The summed E-state index contributed by atoms with van der Waals surface area (Å²) in [7, 11) is 2.28. The fourth-order valence-corrected chi connectivity index (χ4v) is 3.32. The van der Waals surface area contributed by atoms with Gasteiger partial charge in [-0.15, -0.1) is 0 Å². The van der Waals surface area contributed by atoms with Crippen molar-refractivity contribution in [3.8, 4) is 0 Å². The number of rotatable bonds is 1. The molecule has 0 amide bonds. The van der Waals surface area contributed by atoms with E-state index in [1.165, 1.54) is 24.8 Å². The Morgan fingerprint density at radius 1 is 1.33 bits per heavy atom. The molecular weight excluding hydrogens is 184 g/mol. The first-order valence-electron chi connectivity index (χ1n) is 5.90. The maximum absolute atomic E-state index is 4.41. The summed E-state index contributed by atoms with van der Waals surface area (Å²) in [5.74, 6) is 0.738. The van der Waals surface area contributed by atoms with E-state index < -0.39 is 0 Å². The lowest BCUT2D eigenvalue weighted by molar-refractivity contribution is 0.307. The summed E-state index contributed by atoms with van der Waals surface area (Å²) in [4.78, 5) is 6.99. The summed E-state index contributed by atoms with van der Waals surface area (Å²) in [5, 5.41) is 0. The van der Waals surface area contributed by atoms with Crippen LogP contribution in [0.15, 0.2) is 18.3 Å². The molecule has 0 N–H and O–H groups in total. The van der Waals surface area contributed by atoms with Gasteiger partial charge in [0.2, 0.25) is 0 Å². The Morgan fingerprint density at radius 3 is 2.73 bits per heavy atom. The average Bonchev–Trinajstić information content (AvgIpc) is 2.75. The van der Waals surface area contributed by atoms with Crippen LogP contribution in [0.1, 0.15) is 36.4 Å². The summed E-state index contributed by atoms with van der Waals surface area (Å²) in [5.41, 5.74) is 2.56. The van der Waals surface area contributed by atoms with Gasteiger partial charge in [0.25, 0.3) is 0 Å². The molecule has 2 bridgehead atoms. The number of hydrogen-bond acceptors (Lipinski definition) is 2. The molecule has 3 heterocycles. The zero-order valence-corrected chi connectivity index (χ0v) is 9.48. The predicted molar refractivity (Wildman–Crippen MR) is 60.9 cm³/mol. The van der Waals surface area contributed by atoms with Crippen LogP contribution in [0.25, 0.3) is 0 Å². The molecule has 3 unspecified atom stereocenters. The largest absolute Gasteiger partial charge is 0.300 e. The van der Waals surface area contributed by atoms with Crippen LogP contribution in [0.2, 0.25) is 0 Å². The molecule has 0 aliphatic carbocycles. The monoisotopic (exact) mass is 202 g/mol. The van der Waals surface area contributed by atoms with E-state index >= 15 is 0 Å². The lowest BCUT2D eigenvalue weighted by Gasteiger charge is -2.21. The molecular formula is C13H18N2. The Kier molecular flexibility index (Phi) is 2.06. The van der Waals surface area contributed by atoms with E-state index in [0.29, 0.717) is 0 Å². The lowest BCUT2D eigenvalue weighted by Crippen LogP contribution is -2.25. The van der Waals surface area contributed by atoms with E-state index in [-0.39, 0.29) is 0 Å². The van der Waals surface area contributed by atoms with Crippen molar-refractivity contribution in [2.75, 3.05) is 7.05 Å². The highest BCUT2D eigenvalue weighted by Gasteiger charge is 2.44. The van der Waals surface area contributed by atoms with Crippen molar-refractivity contribution >= 4 is 0 Å². The fraction of sp³-hybridized carbons (Fsp3) is 0.615. The van der Waals surface area contributed by atoms with Crippen molar-refractivity contribution in [1.82, 2.24) is 9.88 Å². The Bertz CT molecular complexity index is 357. The summed E-state index contributed by atoms with van der Waals surface area (Å²) >= 11 is 0. The van der Waals surface area contributed by atoms with Crippen LogP contribution >= 0.6 is 0 Å². The van der Waals surface area contributed by atoms with E-state index in [4.69, 9.17) is 0 Å². The van der Waals surface area contributed by atoms with Crippen molar-refractivity contribution in [3.05, 3.63) is 29.6 Å². The Balaban J connectivity index is 1.87. The number of aromatic nitrogens is 1. The van der Waals surface area contributed by atoms with Gasteiger partial charge >= 0.3 is 0 Å². The minimum atomic E-state index is 0.738. The quantitative estimate of drug-likeness (QED) is 0.695. The normalized spacial score (nSPS) is 34.9. The summed E-state index contributed by atoms with van der Waals surface area (Å²) in [6, 6.07) is 6.02. The first-order chi connectivity index (χ1) is 7.25. The van der Waals surface area contributed by atoms with E-state index in [0.717, 1.165) is 23.7 Å². The number of fused-ring (bicyclic) bond motifs is 2. The van der Waals surface area contributed by atoms with Crippen LogP contribution in [-0.2, 0) is 0 Å². The molecule has 0 radical (unpaired) electrons. The van der Waals surface area contributed by atoms with Crippen molar-refractivity contribution in [2.45, 2.75) is 44.2 Å². The summed E-state index contributed by atoms with van der Waals surface area (Å²) in [6.45, 7) is 2.05. The van der Waals surface area contributed by atoms with Gasteiger partial charge in [0, 0.05) is 29.9 Å². The van der Waals surface area contributed by atoms with Gasteiger partial charge < -0.3 is 0 Å². The minimum Gasteiger partial charge on any atom is -0.300 e. The Morgan fingerprint density at radius 2 is 2.20 bits per heavy atom. The number of aryl methyl sites for hydroxylation is 1. The van der Waals surface area contributed by atoms with E-state index in [2.05, 4.69) is 42.2 Å². The van der Waals surface area contributed by atoms with Gasteiger partial charge in [-0.3, -0.25) is 9.88 Å². The van der Waals surface area contributed by atoms with Crippen LogP contribution < -0.4 is 0 Å². The molecule has 2 saturated heterocycles. The second kappa shape index (κ2) is 3.31. The highest BCUT2D eigenvalue weighted by atomic mass is 15.2. The molecule has 0 saturated carbocycles. The number of hydrogen-bond donors (Lipinski definition) is 0. The molecule has 2 nitrogen and oxygen atoms in total. The zero-order valence-electron chi connectivity index (χ0n) is 9.48. The SMILES string of the molecule is Cc1ccc(C2CC3CCC2N3C)cn1. The molecule has 3 rings (SSSR count). The molecule has 80 valence electrons. The molecule has 1 aromatic rings. The maximum atomic E-state index is 4.41. The predicted octanol–water partition coefficient (Wildman–Crippen LogP) is 2.34. The van der Waals surface area contributed by atoms with Gasteiger partial charge in [0.05, 0.1) is 0 Å². The third-order valence-corrected chi connectivity index (χ3v) is 4.25. The maximum Gasteiger partial charge on any atom is 0.0372 e. The molecule has 2 heteroatoms. The molecule has 2 fully saturated rings. The van der Waals surface area contributed by atoms with E-state index in [9.17, 15) is 0 Å². The molecule has 15 heavy (non-hydrogen) atoms. The topological polar surface area (TPSA) is 16.1 Å². The van der Waals surface area contributed by atoms with E-state index in [1.807, 2.05) is 0 Å². The van der Waals surface area contributed by atoms with Crippen LogP contribution in [0.5, 0.6) is 0 Å². The van der Waals surface area contributed by atoms with Crippen molar-refractivity contribution in [3.63, 3.8) is 0 Å². The smallest absolute Gasteiger partial charge is 0.0372 e. The van der Waals surface area contributed by atoms with Gasteiger partial charge in [-0.2, -0.15) is 0 Å². The van der Waals surface area contributed by atoms with Crippen LogP contribution in [0.3, 0.4) is 0 Å². The molecule has 0 spiro atoms. The summed E-state index contributed by atoms with van der Waals surface area (Å²) in [6.07, 6.45) is 6.19. The molecule has 3 atom stereocenters. The van der Waals surface area contributed by atoms with Crippen molar-refractivity contribution in [2.24, 2.45) is 0 Å². The van der Waals surface area contributed by atoms with Crippen molar-refractivity contribution < 1.29 is 0 Å². The molecule has 2 aliphatic heterocycles. The third-order valence-electron chi connectivity index (χ3n) is 4.25. The highest BCUT2D eigenvalue weighted by Crippen LogP contribution is 2.45. The van der Waals surface area contributed by atoms with Crippen LogP contribution in [0, 0.1) is 6.92 Å². The first kappa shape index (κ1) is 9.34. The highest BCUT2D eigenvalue weighted by molar-refractivity contribution is 5.23. The van der Waals surface area contributed by atoms with Crippen molar-refractivity contribution in [1.29, 1.82) is 0 Å². The van der Waals surface area contributed by atoms with E-state index in [1.54, 1.807) is 0 Å². The number of likely N-dealkylation sites (N-methyl/N-ethyl adjacent to an activating group) is 1. The molecule has 2 aliphatic rings. The second-order valence-corrected chi connectivity index (χ2v) is 5.04. The van der Waals surface area contributed by atoms with Gasteiger partial charge in [0.1, 0.15) is 0 Å². The van der Waals surface area contributed by atoms with Gasteiger partial charge in [-0.25, -0.2) is 0 Å². The minimum absolute atomic E-state index is 0.738. The second-order valence-electron chi connectivity index (χ2n) is 5.04. The Labute approximate surface area is 91.3 Å². The van der Waals surface area contributed by atoms with Gasteiger partial charge in [-0.1, -0.05) is 6.07 Å². The zero-order chi connectivity index (χ0) is 10.4. The molecule has 1 aromatic heterocycles. The number of pyridine rings is 1. The van der Waals surface area contributed by atoms with Crippen LogP contribution in [0.4, 0.5) is 0 Å². The standard InChI is InChI=1S/C13H18N2/c1-9-3-4-10(8-14-9)12-7-11-5-6-13(12)15(11)2/h3-4,8,11-13H,5-7H2,1-2H3. The van der Waals surface area contributed by atoms with Gasteiger partial charge in [0.15, 0.2) is 0 Å². The van der Waals surface area contributed by atoms with Gasteiger partial charge in [-0.05, 0) is 44.9 Å². The average molecular weight is 202 g/mol. The summed E-state index contributed by atoms with van der Waals surface area (Å²) < 4.78 is 0. The third kappa shape index (κ3) is 1.39. The van der Waals surface area contributed by atoms with Crippen LogP contribution in [-0.4, -0.2) is 29.0 Å². The Hall–Kier alpha value is -0.890. The number of nitrogens with zero attached hydrogens (tertiary/aromatic N) is 2. The fourth-order valence-electron chi connectivity index (χ4n) is 3.32. The lowest BCUT2D eigenvalue weighted by atomic mass is 9.84.